The molecular formula is C42H34N4O6S. The molecule has 0 saturated heterocycles. The van der Waals surface area contributed by atoms with Gasteiger partial charge < -0.3 is 9.47 Å². The highest BCUT2D eigenvalue weighted by atomic mass is 32.1. The molecule has 53 heavy (non-hydrogen) atoms. The number of hydrogen-bond donors (Lipinski definition) is 0. The summed E-state index contributed by atoms with van der Waals surface area (Å²) >= 11 is 1.18. The molecular weight excluding hydrogens is 689 g/mol. The molecule has 0 spiro atoms. The van der Waals surface area contributed by atoms with Gasteiger partial charge in [-0.25, -0.2) is 0 Å². The van der Waals surface area contributed by atoms with E-state index in [-0.39, 0.29) is 23.6 Å². The molecule has 0 aliphatic carbocycles. The van der Waals surface area contributed by atoms with Crippen molar-refractivity contribution in [3.8, 4) is 33.8 Å². The van der Waals surface area contributed by atoms with Crippen LogP contribution in [0.15, 0.2) is 109 Å². The van der Waals surface area contributed by atoms with Gasteiger partial charge in [-0.3, -0.25) is 29.0 Å². The molecule has 8 rings (SSSR count). The fourth-order valence-electron chi connectivity index (χ4n) is 6.80. The third-order valence-corrected chi connectivity index (χ3v) is 10.1. The largest absolute Gasteiger partial charge is 0.494 e. The molecule has 3 heterocycles. The fraction of sp³-hybridized carbons (Fsp3) is 0.190. The van der Waals surface area contributed by atoms with Gasteiger partial charge in [-0.15, -0.1) is 0 Å². The lowest BCUT2D eigenvalue weighted by Gasteiger charge is -2.14. The molecule has 10 nitrogen and oxygen atoms in total. The second kappa shape index (κ2) is 14.8. The van der Waals surface area contributed by atoms with E-state index >= 15 is 0 Å². The first-order valence-corrected chi connectivity index (χ1v) is 18.3. The number of rotatable bonds is 14. The van der Waals surface area contributed by atoms with Gasteiger partial charge in [-0.05, 0) is 85.3 Å². The van der Waals surface area contributed by atoms with Crippen LogP contribution in [0.4, 0.5) is 0 Å². The molecule has 1 aromatic heterocycles. The predicted octanol–water partition coefficient (Wildman–Crippen LogP) is 7.94. The summed E-state index contributed by atoms with van der Waals surface area (Å²) in [4.78, 5) is 52.9. The number of aromatic nitrogens is 2. The molecule has 0 radical (unpaired) electrons. The highest BCUT2D eigenvalue weighted by Gasteiger charge is 2.35. The van der Waals surface area contributed by atoms with Crippen LogP contribution in [-0.2, 0) is 0 Å². The molecule has 0 bridgehead atoms. The maximum Gasteiger partial charge on any atom is 0.261 e. The lowest BCUT2D eigenvalue weighted by atomic mass is 9.98. The predicted molar refractivity (Wildman–Crippen MR) is 201 cm³/mol. The number of carbonyl (C=O) groups is 4. The molecule has 5 aromatic carbocycles. The summed E-state index contributed by atoms with van der Waals surface area (Å²) in [7, 11) is 0. The fourth-order valence-corrected chi connectivity index (χ4v) is 7.38. The van der Waals surface area contributed by atoms with Crippen molar-refractivity contribution < 1.29 is 28.7 Å². The van der Waals surface area contributed by atoms with E-state index < -0.39 is 0 Å². The van der Waals surface area contributed by atoms with Gasteiger partial charge in [0.25, 0.3) is 23.6 Å². The van der Waals surface area contributed by atoms with E-state index in [1.807, 2.05) is 48.5 Å². The minimum atomic E-state index is -0.229. The van der Waals surface area contributed by atoms with Crippen LogP contribution in [0.5, 0.6) is 11.5 Å². The van der Waals surface area contributed by atoms with E-state index in [1.54, 1.807) is 48.5 Å². The summed E-state index contributed by atoms with van der Waals surface area (Å²) < 4.78 is 21.2. The topological polar surface area (TPSA) is 119 Å². The lowest BCUT2D eigenvalue weighted by Crippen LogP contribution is -2.30. The summed E-state index contributed by atoms with van der Waals surface area (Å²) in [6, 6.07) is 33.8. The van der Waals surface area contributed by atoms with Crippen LogP contribution in [0.1, 0.15) is 67.1 Å². The van der Waals surface area contributed by atoms with Gasteiger partial charge in [0.2, 0.25) is 0 Å². The summed E-state index contributed by atoms with van der Waals surface area (Å²) in [5.41, 5.74) is 7.50. The van der Waals surface area contributed by atoms with Crippen molar-refractivity contribution in [1.29, 1.82) is 0 Å². The van der Waals surface area contributed by atoms with E-state index in [1.165, 1.54) is 21.5 Å². The molecule has 0 saturated carbocycles. The first kappa shape index (κ1) is 33.9. The number of imide groups is 2. The van der Waals surface area contributed by atoms with Crippen LogP contribution >= 0.6 is 11.7 Å². The van der Waals surface area contributed by atoms with Crippen LogP contribution < -0.4 is 9.47 Å². The van der Waals surface area contributed by atoms with E-state index in [4.69, 9.17) is 9.47 Å². The van der Waals surface area contributed by atoms with Gasteiger partial charge in [0.15, 0.2) is 0 Å². The molecule has 6 aromatic rings. The number of nitrogens with zero attached hydrogens (tertiary/aromatic N) is 4. The Bertz CT molecular complexity index is 2120. The SMILES string of the molecule is O=C1c2ccccc2C(=O)N1CCCCOc1ccc(-c2ccc(-c3ccc(OCCCCN4C(=O)c5ccccc5C4=O)cc3)c3nsnc23)cc1. The highest BCUT2D eigenvalue weighted by molar-refractivity contribution is 7.00. The molecule has 11 heteroatoms. The monoisotopic (exact) mass is 722 g/mol. The zero-order valence-corrected chi connectivity index (χ0v) is 29.5. The molecule has 0 unspecified atom stereocenters. The van der Waals surface area contributed by atoms with Crippen LogP contribution in [0.2, 0.25) is 0 Å². The van der Waals surface area contributed by atoms with Gasteiger partial charge in [0.05, 0.1) is 47.2 Å². The number of unbranched alkanes of at least 4 members (excludes halogenated alkanes) is 2. The molecule has 0 atom stereocenters. The summed E-state index contributed by atoms with van der Waals surface area (Å²) in [6.45, 7) is 1.68. The summed E-state index contributed by atoms with van der Waals surface area (Å²) in [5.74, 6) is 0.563. The first-order chi connectivity index (χ1) is 26.0. The Labute approximate surface area is 309 Å². The average Bonchev–Trinajstić information content (AvgIpc) is 3.85. The maximum absolute atomic E-state index is 12.6. The third kappa shape index (κ3) is 6.67. The zero-order chi connectivity index (χ0) is 36.3. The quantitative estimate of drug-likeness (QED) is 0.0822. The smallest absolute Gasteiger partial charge is 0.261 e. The van der Waals surface area contributed by atoms with E-state index in [2.05, 4.69) is 20.9 Å². The number of hydrogen-bond acceptors (Lipinski definition) is 9. The van der Waals surface area contributed by atoms with Crippen LogP contribution in [-0.4, -0.2) is 68.5 Å². The van der Waals surface area contributed by atoms with Crippen molar-refractivity contribution in [3.63, 3.8) is 0 Å². The average molecular weight is 723 g/mol. The molecule has 0 fully saturated rings. The van der Waals surface area contributed by atoms with Crippen LogP contribution in [0.3, 0.4) is 0 Å². The second-order valence-electron chi connectivity index (χ2n) is 12.9. The van der Waals surface area contributed by atoms with Crippen molar-refractivity contribution in [3.05, 3.63) is 131 Å². The van der Waals surface area contributed by atoms with Gasteiger partial charge >= 0.3 is 0 Å². The van der Waals surface area contributed by atoms with Crippen molar-refractivity contribution >= 4 is 46.4 Å². The van der Waals surface area contributed by atoms with Gasteiger partial charge in [0, 0.05) is 24.2 Å². The number of fused-ring (bicyclic) bond motifs is 3. The Balaban J connectivity index is 0.816. The van der Waals surface area contributed by atoms with Gasteiger partial charge in [-0.2, -0.15) is 8.75 Å². The van der Waals surface area contributed by atoms with Crippen molar-refractivity contribution in [2.45, 2.75) is 25.7 Å². The van der Waals surface area contributed by atoms with E-state index in [0.717, 1.165) is 44.8 Å². The Hall–Kier alpha value is -6.20. The Kier molecular flexibility index (Phi) is 9.47. The van der Waals surface area contributed by atoms with E-state index in [9.17, 15) is 19.2 Å². The van der Waals surface area contributed by atoms with Crippen LogP contribution in [0, 0.1) is 0 Å². The zero-order valence-electron chi connectivity index (χ0n) is 28.7. The summed E-state index contributed by atoms with van der Waals surface area (Å²) in [6.07, 6.45) is 2.72. The number of carbonyl (C=O) groups excluding carboxylic acids is 4. The minimum Gasteiger partial charge on any atom is -0.494 e. The van der Waals surface area contributed by atoms with Crippen molar-refractivity contribution in [2.24, 2.45) is 0 Å². The molecule has 264 valence electrons. The Morgan fingerprint density at radius 1 is 0.434 bits per heavy atom. The summed E-state index contributed by atoms with van der Waals surface area (Å²) in [5, 5.41) is 0. The number of amides is 4. The highest BCUT2D eigenvalue weighted by Crippen LogP contribution is 2.36. The standard InChI is InChI=1S/C42H34N4O6S/c47-39-33-9-1-2-10-34(33)40(48)45(39)23-5-7-25-51-29-17-13-27(14-18-29)31-21-22-32(38-37(31)43-53-44-38)28-15-19-30(20-16-28)52-26-8-6-24-46-41(49)35-11-3-4-12-36(35)42(46)50/h1-4,9-22H,5-8,23-26H2. The molecule has 2 aliphatic heterocycles. The maximum atomic E-state index is 12.6. The van der Waals surface area contributed by atoms with Gasteiger partial charge in [0.1, 0.15) is 22.5 Å². The lowest BCUT2D eigenvalue weighted by molar-refractivity contribution is 0.0634. The Morgan fingerprint density at radius 3 is 1.15 bits per heavy atom. The minimum absolute atomic E-state index is 0.229. The third-order valence-electron chi connectivity index (χ3n) is 9.59. The second-order valence-corrected chi connectivity index (χ2v) is 13.4. The van der Waals surface area contributed by atoms with Crippen molar-refractivity contribution in [2.75, 3.05) is 26.3 Å². The molecule has 2 aliphatic rings. The van der Waals surface area contributed by atoms with Crippen LogP contribution in [0.25, 0.3) is 33.3 Å². The first-order valence-electron chi connectivity index (χ1n) is 17.6. The number of benzene rings is 5. The van der Waals surface area contributed by atoms with E-state index in [0.29, 0.717) is 74.2 Å². The van der Waals surface area contributed by atoms with Crippen molar-refractivity contribution in [1.82, 2.24) is 18.5 Å². The Morgan fingerprint density at radius 2 is 0.792 bits per heavy atom. The van der Waals surface area contributed by atoms with Gasteiger partial charge in [-0.1, -0.05) is 60.7 Å². The molecule has 0 N–H and O–H groups in total. The number of ether oxygens (including phenoxy) is 2. The normalized spacial score (nSPS) is 13.6. The molecule has 4 amide bonds.